The van der Waals surface area contributed by atoms with Crippen molar-refractivity contribution in [3.8, 4) is 0 Å². The molecule has 0 aliphatic carbocycles. The molecule has 2 amide bonds. The lowest BCUT2D eigenvalue weighted by molar-refractivity contribution is -0.137. The lowest BCUT2D eigenvalue weighted by Gasteiger charge is -2.38. The molecule has 1 fully saturated rings. The van der Waals surface area contributed by atoms with Gasteiger partial charge in [-0.2, -0.15) is 13.2 Å². The number of nitrogens with zero attached hydrogens (tertiary/aromatic N) is 2. The second-order valence-corrected chi connectivity index (χ2v) is 9.80. The number of aldehydes is 1. The second-order valence-electron chi connectivity index (χ2n) is 9.80. The Morgan fingerprint density at radius 2 is 1.84 bits per heavy atom. The number of piperidine rings is 1. The van der Waals surface area contributed by atoms with Crippen molar-refractivity contribution in [3.05, 3.63) is 70.0 Å². The van der Waals surface area contributed by atoms with E-state index in [-0.39, 0.29) is 37.8 Å². The highest BCUT2D eigenvalue weighted by Crippen LogP contribution is 2.38. The fraction of sp³-hybridized carbons (Fsp3) is 0.444. The van der Waals surface area contributed by atoms with Crippen LogP contribution >= 0.6 is 0 Å². The van der Waals surface area contributed by atoms with Gasteiger partial charge >= 0.3 is 6.18 Å². The molecule has 0 aromatic heterocycles. The van der Waals surface area contributed by atoms with Gasteiger partial charge in [-0.1, -0.05) is 18.2 Å². The largest absolute Gasteiger partial charge is 0.416 e. The van der Waals surface area contributed by atoms with Crippen LogP contribution in [0.15, 0.2) is 36.4 Å². The number of fused-ring (bicyclic) bond motifs is 1. The molecule has 0 spiro atoms. The highest BCUT2D eigenvalue weighted by molar-refractivity contribution is 6.01. The number of amides is 2. The number of likely N-dealkylation sites (N-methyl/N-ethyl adjacent to an activating group) is 1. The molecule has 0 radical (unpaired) electrons. The quantitative estimate of drug-likeness (QED) is 0.400. The molecule has 2 aromatic rings. The zero-order valence-corrected chi connectivity index (χ0v) is 20.9. The maximum absolute atomic E-state index is 15.2. The number of hydrogen-bond acceptors (Lipinski definition) is 5. The van der Waals surface area contributed by atoms with Gasteiger partial charge < -0.3 is 20.1 Å². The van der Waals surface area contributed by atoms with Crippen LogP contribution in [0.2, 0.25) is 0 Å². The van der Waals surface area contributed by atoms with Gasteiger partial charge in [0.1, 0.15) is 18.1 Å². The van der Waals surface area contributed by atoms with E-state index in [0.29, 0.717) is 42.6 Å². The van der Waals surface area contributed by atoms with Crippen LogP contribution in [0.25, 0.3) is 0 Å². The third-order valence-electron chi connectivity index (χ3n) is 7.38. The van der Waals surface area contributed by atoms with Crippen LogP contribution in [0.1, 0.15) is 58.3 Å². The minimum Gasteiger partial charge on any atom is -0.385 e. The average molecular weight is 536 g/mol. The van der Waals surface area contributed by atoms with Crippen molar-refractivity contribution in [1.82, 2.24) is 15.1 Å². The van der Waals surface area contributed by atoms with Crippen LogP contribution in [-0.2, 0) is 34.5 Å². The zero-order valence-electron chi connectivity index (χ0n) is 20.9. The Morgan fingerprint density at radius 3 is 2.42 bits per heavy atom. The van der Waals surface area contributed by atoms with E-state index in [9.17, 15) is 32.7 Å². The summed E-state index contributed by atoms with van der Waals surface area (Å²) in [6.45, 7) is 1.27. The van der Waals surface area contributed by atoms with Crippen LogP contribution in [0.3, 0.4) is 0 Å². The predicted molar refractivity (Wildman–Crippen MR) is 129 cm³/mol. The molecule has 2 heterocycles. The SMILES string of the molecule is CNC(=O)C(CCC=O)N1Cc2cc(C3(O)CCN(Cc4ccc(C(F)(F)F)cc4)CC3)cc(F)c2C1=O. The molecule has 0 bridgehead atoms. The first-order valence-electron chi connectivity index (χ1n) is 12.4. The van der Waals surface area contributed by atoms with Gasteiger partial charge in [-0.25, -0.2) is 4.39 Å². The number of aliphatic hydroxyl groups is 1. The molecule has 2 aliphatic heterocycles. The van der Waals surface area contributed by atoms with Crippen LogP contribution in [0, 0.1) is 5.82 Å². The van der Waals surface area contributed by atoms with Crippen molar-refractivity contribution in [2.75, 3.05) is 20.1 Å². The smallest absolute Gasteiger partial charge is 0.385 e. The summed E-state index contributed by atoms with van der Waals surface area (Å²) in [6.07, 6.45) is -3.04. The van der Waals surface area contributed by atoms with E-state index < -0.39 is 41.0 Å². The number of likely N-dealkylation sites (tertiary alicyclic amines) is 1. The summed E-state index contributed by atoms with van der Waals surface area (Å²) in [4.78, 5) is 39.5. The first-order chi connectivity index (χ1) is 18.0. The maximum Gasteiger partial charge on any atom is 0.416 e. The number of rotatable bonds is 8. The molecule has 2 aliphatic rings. The molecule has 0 saturated carbocycles. The Labute approximate surface area is 217 Å². The minimum atomic E-state index is -4.40. The van der Waals surface area contributed by atoms with Gasteiger partial charge in [0.05, 0.1) is 16.7 Å². The van der Waals surface area contributed by atoms with Crippen molar-refractivity contribution in [2.45, 2.75) is 56.6 Å². The van der Waals surface area contributed by atoms with Crippen molar-refractivity contribution < 1.29 is 37.1 Å². The van der Waals surface area contributed by atoms with Gasteiger partial charge in [0.15, 0.2) is 0 Å². The summed E-state index contributed by atoms with van der Waals surface area (Å²) in [7, 11) is 1.42. The molecule has 2 N–H and O–H groups in total. The molecule has 1 saturated heterocycles. The fourth-order valence-corrected chi connectivity index (χ4v) is 5.20. The molecule has 1 unspecified atom stereocenters. The molecule has 2 aromatic carbocycles. The summed E-state index contributed by atoms with van der Waals surface area (Å²) in [5, 5.41) is 13.8. The van der Waals surface area contributed by atoms with Crippen LogP contribution in [0.5, 0.6) is 0 Å². The normalized spacial score (nSPS) is 18.3. The van der Waals surface area contributed by atoms with E-state index in [0.717, 1.165) is 18.2 Å². The van der Waals surface area contributed by atoms with E-state index in [1.807, 2.05) is 4.90 Å². The van der Waals surface area contributed by atoms with E-state index >= 15 is 4.39 Å². The summed E-state index contributed by atoms with van der Waals surface area (Å²) in [6, 6.07) is 6.79. The van der Waals surface area contributed by atoms with Crippen LogP contribution in [-0.4, -0.2) is 59.2 Å². The number of benzene rings is 2. The molecule has 7 nitrogen and oxygen atoms in total. The molecule has 204 valence electrons. The first kappa shape index (κ1) is 27.7. The number of halogens is 4. The van der Waals surface area contributed by atoms with Gasteiger partial charge in [0.25, 0.3) is 5.91 Å². The number of carbonyl (C=O) groups excluding carboxylic acids is 3. The summed E-state index contributed by atoms with van der Waals surface area (Å²) in [5.74, 6) is -1.87. The van der Waals surface area contributed by atoms with Crippen molar-refractivity contribution in [3.63, 3.8) is 0 Å². The van der Waals surface area contributed by atoms with Gasteiger partial charge in [-0.3, -0.25) is 14.5 Å². The van der Waals surface area contributed by atoms with Gasteiger partial charge in [0, 0.05) is 39.6 Å². The highest BCUT2D eigenvalue weighted by Gasteiger charge is 2.41. The average Bonchev–Trinajstić information content (AvgIpc) is 3.21. The van der Waals surface area contributed by atoms with Crippen LogP contribution in [0.4, 0.5) is 17.6 Å². The Hall–Kier alpha value is -3.31. The fourth-order valence-electron chi connectivity index (χ4n) is 5.20. The Kier molecular flexibility index (Phi) is 7.89. The van der Waals surface area contributed by atoms with Gasteiger partial charge in [-0.05, 0) is 54.2 Å². The van der Waals surface area contributed by atoms with E-state index in [4.69, 9.17) is 0 Å². The standard InChI is InChI=1S/C27H29F4N3O4/c1-32-24(36)22(3-2-12-35)34-16-18-13-20(14-21(28)23(18)25(34)37)26(38)8-10-33(11-9-26)15-17-4-6-19(7-5-17)27(29,30)31/h4-7,12-14,22,38H,2-3,8-11,15-16H2,1H3,(H,32,36). The summed E-state index contributed by atoms with van der Waals surface area (Å²) in [5.41, 5.74) is -0.786. The second kappa shape index (κ2) is 10.8. The Morgan fingerprint density at radius 1 is 1.18 bits per heavy atom. The number of nitrogens with one attached hydrogen (secondary N) is 1. The summed E-state index contributed by atoms with van der Waals surface area (Å²) >= 11 is 0. The predicted octanol–water partition coefficient (Wildman–Crippen LogP) is 3.38. The van der Waals surface area contributed by atoms with Crippen LogP contribution < -0.4 is 5.32 Å². The molecule has 11 heteroatoms. The number of alkyl halides is 3. The Balaban J connectivity index is 1.46. The maximum atomic E-state index is 15.2. The minimum absolute atomic E-state index is 0.0218. The lowest BCUT2D eigenvalue weighted by atomic mass is 9.83. The monoisotopic (exact) mass is 535 g/mol. The van der Waals surface area contributed by atoms with E-state index in [1.54, 1.807) is 6.07 Å². The number of hydrogen-bond donors (Lipinski definition) is 2. The van der Waals surface area contributed by atoms with Crippen molar-refractivity contribution >= 4 is 18.1 Å². The molecular formula is C27H29F4N3O4. The highest BCUT2D eigenvalue weighted by atomic mass is 19.4. The van der Waals surface area contributed by atoms with Gasteiger partial charge in [-0.15, -0.1) is 0 Å². The number of carbonyl (C=O) groups is 3. The summed E-state index contributed by atoms with van der Waals surface area (Å²) < 4.78 is 53.6. The van der Waals surface area contributed by atoms with E-state index in [1.165, 1.54) is 24.1 Å². The topological polar surface area (TPSA) is 89.9 Å². The Bertz CT molecular complexity index is 1210. The molecular weight excluding hydrogens is 506 g/mol. The third kappa shape index (κ3) is 5.58. The molecule has 4 rings (SSSR count). The van der Waals surface area contributed by atoms with Crippen molar-refractivity contribution in [2.24, 2.45) is 0 Å². The zero-order chi connectivity index (χ0) is 27.7. The van der Waals surface area contributed by atoms with Gasteiger partial charge in [0.2, 0.25) is 5.91 Å². The van der Waals surface area contributed by atoms with Crippen molar-refractivity contribution in [1.29, 1.82) is 0 Å². The first-order valence-corrected chi connectivity index (χ1v) is 12.4. The molecule has 1 atom stereocenters. The van der Waals surface area contributed by atoms with E-state index in [2.05, 4.69) is 5.32 Å². The molecule has 38 heavy (non-hydrogen) atoms. The lowest BCUT2D eigenvalue weighted by Crippen LogP contribution is -2.46. The third-order valence-corrected chi connectivity index (χ3v) is 7.38.